The molecule has 0 aliphatic heterocycles. The SMILES string of the molecule is COCCOC(=O)c1cccc(OC(=O)c2cc(Br)ccc2OCCc2ccccc2)c1. The van der Waals surface area contributed by atoms with E-state index >= 15 is 0 Å². The van der Waals surface area contributed by atoms with Gasteiger partial charge in [0.05, 0.1) is 18.8 Å². The summed E-state index contributed by atoms with van der Waals surface area (Å²) in [7, 11) is 1.52. The second kappa shape index (κ2) is 12.0. The maximum absolute atomic E-state index is 12.9. The molecule has 3 aromatic rings. The van der Waals surface area contributed by atoms with E-state index in [0.717, 1.165) is 10.0 Å². The van der Waals surface area contributed by atoms with Crippen molar-refractivity contribution in [1.82, 2.24) is 0 Å². The monoisotopic (exact) mass is 498 g/mol. The normalized spacial score (nSPS) is 10.4. The Morgan fingerprint density at radius 3 is 2.44 bits per heavy atom. The van der Waals surface area contributed by atoms with Crippen molar-refractivity contribution in [1.29, 1.82) is 0 Å². The van der Waals surface area contributed by atoms with E-state index in [9.17, 15) is 9.59 Å². The molecule has 166 valence electrons. The number of esters is 2. The van der Waals surface area contributed by atoms with Crippen molar-refractivity contribution in [2.75, 3.05) is 26.9 Å². The van der Waals surface area contributed by atoms with Gasteiger partial charge < -0.3 is 18.9 Å². The fourth-order valence-electron chi connectivity index (χ4n) is 2.86. The molecule has 6 nitrogen and oxygen atoms in total. The Labute approximate surface area is 195 Å². The van der Waals surface area contributed by atoms with E-state index in [2.05, 4.69) is 15.9 Å². The van der Waals surface area contributed by atoms with Gasteiger partial charge >= 0.3 is 11.9 Å². The van der Waals surface area contributed by atoms with Crippen LogP contribution in [0.2, 0.25) is 0 Å². The zero-order valence-corrected chi connectivity index (χ0v) is 19.2. The van der Waals surface area contributed by atoms with Gasteiger partial charge in [-0.25, -0.2) is 9.59 Å². The molecule has 0 atom stereocenters. The average molecular weight is 499 g/mol. The topological polar surface area (TPSA) is 71.1 Å². The van der Waals surface area contributed by atoms with Gasteiger partial charge in [-0.3, -0.25) is 0 Å². The van der Waals surface area contributed by atoms with Crippen LogP contribution in [0.4, 0.5) is 0 Å². The van der Waals surface area contributed by atoms with Crippen LogP contribution in [-0.4, -0.2) is 38.9 Å². The van der Waals surface area contributed by atoms with E-state index < -0.39 is 11.9 Å². The number of rotatable bonds is 10. The van der Waals surface area contributed by atoms with Crippen LogP contribution in [0.3, 0.4) is 0 Å². The Hall–Kier alpha value is -3.16. The molecule has 0 heterocycles. The molecule has 0 saturated heterocycles. The lowest BCUT2D eigenvalue weighted by Crippen LogP contribution is -2.13. The fraction of sp³-hybridized carbons (Fsp3) is 0.200. The maximum atomic E-state index is 12.9. The van der Waals surface area contributed by atoms with Crippen molar-refractivity contribution in [2.24, 2.45) is 0 Å². The van der Waals surface area contributed by atoms with E-state index in [1.54, 1.807) is 36.4 Å². The summed E-state index contributed by atoms with van der Waals surface area (Å²) in [4.78, 5) is 25.0. The number of carbonyl (C=O) groups excluding carboxylic acids is 2. The van der Waals surface area contributed by atoms with Crippen molar-refractivity contribution in [3.63, 3.8) is 0 Å². The Morgan fingerprint density at radius 1 is 0.844 bits per heavy atom. The van der Waals surface area contributed by atoms with Gasteiger partial charge in [0.15, 0.2) is 0 Å². The first-order chi connectivity index (χ1) is 15.6. The Bertz CT molecular complexity index is 1050. The standard InChI is InChI=1S/C25H23BrO6/c1-29-14-15-31-24(27)19-8-5-9-21(16-19)32-25(28)22-17-20(26)10-11-23(22)30-13-12-18-6-3-2-4-7-18/h2-11,16-17H,12-15H2,1H3. The average Bonchev–Trinajstić information content (AvgIpc) is 2.81. The molecule has 0 aliphatic carbocycles. The summed E-state index contributed by atoms with van der Waals surface area (Å²) < 4.78 is 22.1. The first-order valence-corrected chi connectivity index (χ1v) is 10.8. The van der Waals surface area contributed by atoms with Gasteiger partial charge in [-0.05, 0) is 42.0 Å². The number of carbonyl (C=O) groups is 2. The molecule has 0 N–H and O–H groups in total. The second-order valence-corrected chi connectivity index (χ2v) is 7.69. The molecule has 0 fully saturated rings. The number of benzene rings is 3. The largest absolute Gasteiger partial charge is 0.492 e. The van der Waals surface area contributed by atoms with Gasteiger partial charge in [-0.2, -0.15) is 0 Å². The van der Waals surface area contributed by atoms with Crippen LogP contribution >= 0.6 is 15.9 Å². The van der Waals surface area contributed by atoms with Crippen LogP contribution in [0.1, 0.15) is 26.3 Å². The minimum atomic E-state index is -0.592. The summed E-state index contributed by atoms with van der Waals surface area (Å²) in [5.74, 6) is -0.464. The van der Waals surface area contributed by atoms with Crippen molar-refractivity contribution in [2.45, 2.75) is 6.42 Å². The van der Waals surface area contributed by atoms with Crippen molar-refractivity contribution in [3.8, 4) is 11.5 Å². The molecular formula is C25H23BrO6. The number of hydrogen-bond acceptors (Lipinski definition) is 6. The number of ether oxygens (including phenoxy) is 4. The van der Waals surface area contributed by atoms with E-state index in [1.165, 1.54) is 13.2 Å². The molecule has 3 aromatic carbocycles. The molecular weight excluding hydrogens is 476 g/mol. The minimum Gasteiger partial charge on any atom is -0.492 e. The first-order valence-electron chi connectivity index (χ1n) is 10.0. The molecule has 7 heteroatoms. The Morgan fingerprint density at radius 2 is 1.66 bits per heavy atom. The van der Waals surface area contributed by atoms with Gasteiger partial charge in [0.2, 0.25) is 0 Å². The van der Waals surface area contributed by atoms with E-state index in [-0.39, 0.29) is 23.5 Å². The smallest absolute Gasteiger partial charge is 0.347 e. The quantitative estimate of drug-likeness (QED) is 0.220. The molecule has 0 aromatic heterocycles. The van der Waals surface area contributed by atoms with E-state index in [0.29, 0.717) is 25.4 Å². The van der Waals surface area contributed by atoms with Crippen LogP contribution in [-0.2, 0) is 15.9 Å². The summed E-state index contributed by atoms with van der Waals surface area (Å²) in [6, 6.07) is 21.4. The van der Waals surface area contributed by atoms with Crippen molar-refractivity contribution >= 4 is 27.9 Å². The lowest BCUT2D eigenvalue weighted by molar-refractivity contribution is 0.0387. The van der Waals surface area contributed by atoms with Crippen LogP contribution in [0.25, 0.3) is 0 Å². The van der Waals surface area contributed by atoms with Gasteiger partial charge in [-0.15, -0.1) is 0 Å². The molecule has 0 unspecified atom stereocenters. The van der Waals surface area contributed by atoms with E-state index in [4.69, 9.17) is 18.9 Å². The van der Waals surface area contributed by atoms with Gasteiger partial charge in [0, 0.05) is 18.0 Å². The summed E-state index contributed by atoms with van der Waals surface area (Å²) in [5.41, 5.74) is 1.70. The maximum Gasteiger partial charge on any atom is 0.347 e. The third-order valence-corrected chi connectivity index (χ3v) is 4.95. The summed E-state index contributed by atoms with van der Waals surface area (Å²) in [6.45, 7) is 0.853. The predicted octanol–water partition coefficient (Wildman–Crippen LogP) is 5.09. The first kappa shape index (κ1) is 23.5. The van der Waals surface area contributed by atoms with Crippen molar-refractivity contribution < 1.29 is 28.5 Å². The minimum absolute atomic E-state index is 0.140. The number of methoxy groups -OCH3 is 1. The predicted molar refractivity (Wildman–Crippen MR) is 123 cm³/mol. The molecule has 0 radical (unpaired) electrons. The molecule has 0 spiro atoms. The number of hydrogen-bond donors (Lipinski definition) is 0. The van der Waals surface area contributed by atoms with E-state index in [1.807, 2.05) is 30.3 Å². The molecule has 0 saturated carbocycles. The van der Waals surface area contributed by atoms with Crippen LogP contribution in [0, 0.1) is 0 Å². The lowest BCUT2D eigenvalue weighted by atomic mass is 10.1. The third-order valence-electron chi connectivity index (χ3n) is 4.45. The molecule has 32 heavy (non-hydrogen) atoms. The zero-order valence-electron chi connectivity index (χ0n) is 17.6. The highest BCUT2D eigenvalue weighted by atomic mass is 79.9. The number of halogens is 1. The molecule has 0 bridgehead atoms. The molecule has 0 aliphatic rings. The highest BCUT2D eigenvalue weighted by Crippen LogP contribution is 2.26. The van der Waals surface area contributed by atoms with Gasteiger partial charge in [0.1, 0.15) is 23.7 Å². The summed E-state index contributed by atoms with van der Waals surface area (Å²) in [6.07, 6.45) is 0.707. The van der Waals surface area contributed by atoms with Crippen LogP contribution in [0.5, 0.6) is 11.5 Å². The fourth-order valence-corrected chi connectivity index (χ4v) is 3.22. The lowest BCUT2D eigenvalue weighted by Gasteiger charge is -2.12. The summed E-state index contributed by atoms with van der Waals surface area (Å²) in [5, 5.41) is 0. The van der Waals surface area contributed by atoms with Gasteiger partial charge in [-0.1, -0.05) is 52.3 Å². The Kier molecular flexibility index (Phi) is 8.83. The summed E-state index contributed by atoms with van der Waals surface area (Å²) >= 11 is 3.38. The zero-order chi connectivity index (χ0) is 22.8. The second-order valence-electron chi connectivity index (χ2n) is 6.77. The van der Waals surface area contributed by atoms with Crippen LogP contribution in [0.15, 0.2) is 77.3 Å². The molecule has 3 rings (SSSR count). The van der Waals surface area contributed by atoms with Crippen LogP contribution < -0.4 is 9.47 Å². The highest BCUT2D eigenvalue weighted by Gasteiger charge is 2.17. The third kappa shape index (κ3) is 6.93. The van der Waals surface area contributed by atoms with Gasteiger partial charge in [0.25, 0.3) is 0 Å². The molecule has 0 amide bonds. The van der Waals surface area contributed by atoms with Crippen molar-refractivity contribution in [3.05, 3.63) is 94.0 Å². The highest BCUT2D eigenvalue weighted by molar-refractivity contribution is 9.10. The Balaban J connectivity index is 1.67.